The molecule has 218 valence electrons. The first kappa shape index (κ1) is 31.6. The molecule has 0 N–H and O–H groups in total. The Labute approximate surface area is 277 Å². The molecule has 0 atom stereocenters. The minimum Gasteiger partial charge on any atom is -0.141 e. The molecule has 0 aliphatic heterocycles. The summed E-state index contributed by atoms with van der Waals surface area (Å²) in [5.41, 5.74) is 3.04. The summed E-state index contributed by atoms with van der Waals surface area (Å²) in [5, 5.41) is 0. The zero-order valence-corrected chi connectivity index (χ0v) is 30.3. The molecule has 0 fully saturated rings. The van der Waals surface area contributed by atoms with Crippen molar-refractivity contribution in [3.05, 3.63) is 57.3 Å². The van der Waals surface area contributed by atoms with Crippen LogP contribution in [0.5, 0.6) is 0 Å². The molecule has 0 unspecified atom stereocenters. The molecule has 0 aliphatic rings. The van der Waals surface area contributed by atoms with Crippen LogP contribution in [-0.4, -0.2) is 0 Å². The van der Waals surface area contributed by atoms with Crippen LogP contribution < -0.4 is 0 Å². The Morgan fingerprint density at radius 1 is 0.488 bits per heavy atom. The Morgan fingerprint density at radius 3 is 1.27 bits per heavy atom. The first-order chi connectivity index (χ1) is 19.9. The van der Waals surface area contributed by atoms with Crippen LogP contribution in [0.2, 0.25) is 0 Å². The van der Waals surface area contributed by atoms with Crippen LogP contribution in [0.3, 0.4) is 0 Å². The topological polar surface area (TPSA) is 0 Å². The number of thiol groups is 2. The van der Waals surface area contributed by atoms with Crippen molar-refractivity contribution >= 4 is 81.9 Å². The SMILES string of the molecule is CCCCCCc1cc(C)sc1-c1ccc(-c2sc(-c3ccc(-c4sc(C)cc4CCCCCC)s3)c(S)c2S)s1. The summed E-state index contributed by atoms with van der Waals surface area (Å²) in [6, 6.07) is 14.0. The Kier molecular flexibility index (Phi) is 11.4. The molecule has 0 saturated heterocycles. The van der Waals surface area contributed by atoms with Gasteiger partial charge >= 0.3 is 0 Å². The van der Waals surface area contributed by atoms with Crippen LogP contribution in [-0.2, 0) is 12.8 Å². The van der Waals surface area contributed by atoms with E-state index in [0.717, 1.165) is 9.79 Å². The Balaban J connectivity index is 1.38. The lowest BCUT2D eigenvalue weighted by Gasteiger charge is -2.02. The van der Waals surface area contributed by atoms with E-state index in [0.29, 0.717) is 0 Å². The van der Waals surface area contributed by atoms with Crippen LogP contribution in [0.4, 0.5) is 0 Å². The molecule has 0 saturated carbocycles. The highest BCUT2D eigenvalue weighted by Crippen LogP contribution is 2.51. The largest absolute Gasteiger partial charge is 0.141 e. The molecule has 0 nitrogen and oxygen atoms in total. The van der Waals surface area contributed by atoms with Crippen LogP contribution in [0, 0.1) is 13.8 Å². The van der Waals surface area contributed by atoms with Gasteiger partial charge in [0.15, 0.2) is 0 Å². The van der Waals surface area contributed by atoms with Gasteiger partial charge in [0, 0.05) is 48.8 Å². The van der Waals surface area contributed by atoms with Crippen molar-refractivity contribution in [1.82, 2.24) is 0 Å². The fourth-order valence-corrected chi connectivity index (χ4v) is 12.1. The van der Waals surface area contributed by atoms with E-state index in [1.165, 1.54) is 124 Å². The van der Waals surface area contributed by atoms with Crippen LogP contribution >= 0.6 is 81.9 Å². The predicted molar refractivity (Wildman–Crippen MR) is 197 cm³/mol. The summed E-state index contributed by atoms with van der Waals surface area (Å²) in [6.07, 6.45) is 12.8. The van der Waals surface area contributed by atoms with Gasteiger partial charge in [-0.1, -0.05) is 52.4 Å². The summed E-state index contributed by atoms with van der Waals surface area (Å²) >= 11 is 19.5. The van der Waals surface area contributed by atoms with E-state index in [1.54, 1.807) is 0 Å². The zero-order valence-electron chi connectivity index (χ0n) is 24.5. The number of unbranched alkanes of at least 4 members (excludes halogenated alkanes) is 6. The molecule has 5 heterocycles. The van der Waals surface area contributed by atoms with Gasteiger partial charge in [-0.05, 0) is 87.1 Å². The normalized spacial score (nSPS) is 11.7. The molecule has 0 aromatic carbocycles. The Hall–Kier alpha value is -0.800. The molecule has 0 spiro atoms. The minimum absolute atomic E-state index is 1.00. The van der Waals surface area contributed by atoms with E-state index in [1.807, 2.05) is 56.7 Å². The zero-order chi connectivity index (χ0) is 28.9. The average Bonchev–Trinajstić information content (AvgIpc) is 3.78. The van der Waals surface area contributed by atoms with Crippen molar-refractivity contribution in [2.24, 2.45) is 0 Å². The molecule has 0 bridgehead atoms. The van der Waals surface area contributed by atoms with Crippen molar-refractivity contribution in [2.75, 3.05) is 0 Å². The molecular weight excluding hydrogens is 633 g/mol. The number of rotatable bonds is 14. The third kappa shape index (κ3) is 7.47. The van der Waals surface area contributed by atoms with E-state index < -0.39 is 0 Å². The van der Waals surface area contributed by atoms with Gasteiger partial charge in [-0.3, -0.25) is 0 Å². The lowest BCUT2D eigenvalue weighted by atomic mass is 10.1. The maximum absolute atomic E-state index is 4.98. The van der Waals surface area contributed by atoms with E-state index >= 15 is 0 Å². The van der Waals surface area contributed by atoms with E-state index in [2.05, 4.69) is 64.1 Å². The standard InChI is InChI=1S/C34H40S7/c1-5-7-9-11-13-23-19-21(3)37-31(23)25-15-17-27(39-25)33-29(35)30(36)34(41-33)28-18-16-26(40-28)32-24(20-22(4)38-32)14-12-10-8-6-2/h15-20,35-36H,5-14H2,1-4H3. The lowest BCUT2D eigenvalue weighted by molar-refractivity contribution is 0.668. The molecular formula is C34H40S7. The number of thiophene rings is 5. The summed E-state index contributed by atoms with van der Waals surface area (Å²) in [4.78, 5) is 15.5. The predicted octanol–water partition coefficient (Wildman–Crippen LogP) is 14.1. The molecule has 5 aromatic heterocycles. The molecule has 0 amide bonds. The molecule has 5 aromatic rings. The maximum Gasteiger partial charge on any atom is 0.0594 e. The number of hydrogen-bond acceptors (Lipinski definition) is 7. The summed E-state index contributed by atoms with van der Waals surface area (Å²) in [6.45, 7) is 9.04. The highest BCUT2D eigenvalue weighted by molar-refractivity contribution is 7.84. The fraction of sp³-hybridized carbons (Fsp3) is 0.412. The smallest absolute Gasteiger partial charge is 0.0594 e. The van der Waals surface area contributed by atoms with Crippen molar-refractivity contribution in [3.63, 3.8) is 0 Å². The van der Waals surface area contributed by atoms with Gasteiger partial charge in [0.1, 0.15) is 0 Å². The van der Waals surface area contributed by atoms with Crippen molar-refractivity contribution in [3.8, 4) is 39.0 Å². The second-order valence-corrected chi connectivity index (χ2v) is 17.4. The highest BCUT2D eigenvalue weighted by atomic mass is 32.1. The van der Waals surface area contributed by atoms with Gasteiger partial charge in [0.2, 0.25) is 0 Å². The highest BCUT2D eigenvalue weighted by Gasteiger charge is 2.21. The third-order valence-corrected chi connectivity index (χ3v) is 15.1. The van der Waals surface area contributed by atoms with Gasteiger partial charge in [-0.25, -0.2) is 0 Å². The monoisotopic (exact) mass is 672 g/mol. The average molecular weight is 673 g/mol. The second-order valence-electron chi connectivity index (χ2n) is 10.8. The van der Waals surface area contributed by atoms with Gasteiger partial charge in [-0.2, -0.15) is 0 Å². The van der Waals surface area contributed by atoms with E-state index in [-0.39, 0.29) is 0 Å². The maximum atomic E-state index is 4.98. The number of aryl methyl sites for hydroxylation is 4. The van der Waals surface area contributed by atoms with Crippen molar-refractivity contribution in [2.45, 2.75) is 102 Å². The molecule has 5 rings (SSSR count). The Bertz CT molecular complexity index is 1450. The molecule has 41 heavy (non-hydrogen) atoms. The minimum atomic E-state index is 1.00. The van der Waals surface area contributed by atoms with Crippen LogP contribution in [0.25, 0.3) is 39.0 Å². The van der Waals surface area contributed by atoms with Gasteiger partial charge < -0.3 is 0 Å². The lowest BCUT2D eigenvalue weighted by Crippen LogP contribution is -1.85. The van der Waals surface area contributed by atoms with Crippen molar-refractivity contribution < 1.29 is 0 Å². The van der Waals surface area contributed by atoms with Gasteiger partial charge in [0.05, 0.1) is 9.75 Å². The number of hydrogen-bond donors (Lipinski definition) is 2. The first-order valence-electron chi connectivity index (χ1n) is 14.8. The van der Waals surface area contributed by atoms with Gasteiger partial charge in [0.25, 0.3) is 0 Å². The van der Waals surface area contributed by atoms with Crippen LogP contribution in [0.15, 0.2) is 46.2 Å². The third-order valence-electron chi connectivity index (χ3n) is 7.43. The first-order valence-corrected chi connectivity index (χ1v) is 19.8. The van der Waals surface area contributed by atoms with Gasteiger partial charge in [-0.15, -0.1) is 81.9 Å². The molecule has 7 heteroatoms. The molecule has 0 radical (unpaired) electrons. The summed E-state index contributed by atoms with van der Waals surface area (Å²) in [5.74, 6) is 0. The molecule has 0 aliphatic carbocycles. The van der Waals surface area contributed by atoms with E-state index in [4.69, 9.17) is 25.3 Å². The Morgan fingerprint density at radius 2 is 0.878 bits per heavy atom. The van der Waals surface area contributed by atoms with E-state index in [9.17, 15) is 0 Å². The summed E-state index contributed by atoms with van der Waals surface area (Å²) in [7, 11) is 0. The fourth-order valence-electron chi connectivity index (χ4n) is 5.32. The quantitative estimate of drug-likeness (QED) is 0.0851. The summed E-state index contributed by atoms with van der Waals surface area (Å²) < 4.78 is 0. The van der Waals surface area contributed by atoms with Crippen LogP contribution in [0.1, 0.15) is 86.1 Å². The second kappa shape index (κ2) is 14.8. The van der Waals surface area contributed by atoms with Crippen molar-refractivity contribution in [1.29, 1.82) is 0 Å².